The molecule has 0 N–H and O–H groups in total. The van der Waals surface area contributed by atoms with Gasteiger partial charge in [-0.1, -0.05) is 11.6 Å². The summed E-state index contributed by atoms with van der Waals surface area (Å²) in [4.78, 5) is 11.4. The van der Waals surface area contributed by atoms with Crippen LogP contribution in [0.4, 0.5) is 0 Å². The lowest BCUT2D eigenvalue weighted by atomic mass is 10.0. The Kier molecular flexibility index (Phi) is 2.89. The van der Waals surface area contributed by atoms with Gasteiger partial charge in [-0.3, -0.25) is 4.79 Å². The van der Waals surface area contributed by atoms with Gasteiger partial charge in [-0.05, 0) is 28.1 Å². The summed E-state index contributed by atoms with van der Waals surface area (Å²) in [6, 6.07) is 3.47. The normalized spacial score (nSPS) is 18.2. The maximum Gasteiger partial charge on any atom is 0.316 e. The fraction of sp³-hybridized carbons (Fsp3) is 0.300. The maximum atomic E-state index is 11.4. The van der Waals surface area contributed by atoms with Crippen molar-refractivity contribution in [3.05, 3.63) is 27.2 Å². The molecule has 3 nitrogen and oxygen atoms in total. The molecule has 0 spiro atoms. The van der Waals surface area contributed by atoms with Crippen molar-refractivity contribution in [3.8, 4) is 5.75 Å². The number of rotatable bonds is 1. The van der Waals surface area contributed by atoms with Gasteiger partial charge in [0, 0.05) is 10.6 Å². The van der Waals surface area contributed by atoms with E-state index in [2.05, 4.69) is 15.9 Å². The van der Waals surface area contributed by atoms with Crippen LogP contribution in [0.2, 0.25) is 5.02 Å². The molecule has 0 bridgehead atoms. The van der Waals surface area contributed by atoms with Crippen molar-refractivity contribution in [2.24, 2.45) is 0 Å². The van der Waals surface area contributed by atoms with Crippen LogP contribution in [0.25, 0.3) is 0 Å². The van der Waals surface area contributed by atoms with Crippen LogP contribution in [0.1, 0.15) is 11.5 Å². The number of hydrogen-bond acceptors (Lipinski definition) is 3. The van der Waals surface area contributed by atoms with E-state index >= 15 is 0 Å². The smallest absolute Gasteiger partial charge is 0.316 e. The van der Waals surface area contributed by atoms with Crippen LogP contribution in [0, 0.1) is 0 Å². The second kappa shape index (κ2) is 4.02. The van der Waals surface area contributed by atoms with Gasteiger partial charge >= 0.3 is 5.97 Å². The van der Waals surface area contributed by atoms with Gasteiger partial charge in [-0.2, -0.15) is 0 Å². The molecule has 0 radical (unpaired) electrons. The van der Waals surface area contributed by atoms with E-state index in [0.29, 0.717) is 17.4 Å². The highest BCUT2D eigenvalue weighted by Crippen LogP contribution is 2.41. The first-order valence-electron chi connectivity index (χ1n) is 4.33. The Hall–Kier alpha value is -0.740. The van der Waals surface area contributed by atoms with Gasteiger partial charge in [0.1, 0.15) is 18.3 Å². The standard InChI is InChI=1S/C10H8BrClO3/c1-14-10(13)7-4-15-9-6(7)2-5(12)3-8(9)11/h2-3,7H,4H2,1H3. The molecular formula is C10H8BrClO3. The Bertz CT molecular complexity index is 419. The Morgan fingerprint density at radius 1 is 1.67 bits per heavy atom. The number of carbonyl (C=O) groups is 1. The van der Waals surface area contributed by atoms with Gasteiger partial charge in [0.25, 0.3) is 0 Å². The molecule has 1 aromatic rings. The van der Waals surface area contributed by atoms with Crippen LogP contribution >= 0.6 is 27.5 Å². The molecule has 1 aromatic carbocycles. The molecular weight excluding hydrogens is 283 g/mol. The number of fused-ring (bicyclic) bond motifs is 1. The first-order valence-corrected chi connectivity index (χ1v) is 5.50. The number of benzene rings is 1. The molecule has 0 aromatic heterocycles. The summed E-state index contributed by atoms with van der Waals surface area (Å²) in [6.07, 6.45) is 0. The lowest BCUT2D eigenvalue weighted by Crippen LogP contribution is -2.15. The van der Waals surface area contributed by atoms with Crippen LogP contribution in [-0.4, -0.2) is 19.7 Å². The molecule has 1 aliphatic heterocycles. The summed E-state index contributed by atoms with van der Waals surface area (Å²) in [5.74, 6) is -0.00211. The Morgan fingerprint density at radius 3 is 3.07 bits per heavy atom. The molecule has 0 aliphatic carbocycles. The van der Waals surface area contributed by atoms with Gasteiger partial charge in [0.05, 0.1) is 11.6 Å². The molecule has 1 heterocycles. The molecule has 80 valence electrons. The fourth-order valence-corrected chi connectivity index (χ4v) is 2.53. The number of carbonyl (C=O) groups excluding carboxylic acids is 1. The largest absolute Gasteiger partial charge is 0.491 e. The van der Waals surface area contributed by atoms with E-state index in [1.54, 1.807) is 12.1 Å². The number of esters is 1. The number of methoxy groups -OCH3 is 1. The van der Waals surface area contributed by atoms with Crippen molar-refractivity contribution in [1.29, 1.82) is 0 Å². The van der Waals surface area contributed by atoms with Crippen LogP contribution in [-0.2, 0) is 9.53 Å². The van der Waals surface area contributed by atoms with Gasteiger partial charge in [0.15, 0.2) is 0 Å². The third kappa shape index (κ3) is 1.84. The van der Waals surface area contributed by atoms with Crippen molar-refractivity contribution >= 4 is 33.5 Å². The van der Waals surface area contributed by atoms with E-state index in [1.165, 1.54) is 7.11 Å². The molecule has 1 unspecified atom stereocenters. The zero-order valence-electron chi connectivity index (χ0n) is 7.92. The molecule has 5 heteroatoms. The zero-order chi connectivity index (χ0) is 11.0. The average Bonchev–Trinajstić information content (AvgIpc) is 2.60. The second-order valence-electron chi connectivity index (χ2n) is 3.19. The van der Waals surface area contributed by atoms with Crippen molar-refractivity contribution in [2.75, 3.05) is 13.7 Å². The summed E-state index contributed by atoms with van der Waals surface area (Å²) >= 11 is 9.24. The second-order valence-corrected chi connectivity index (χ2v) is 4.48. The molecule has 0 amide bonds. The molecule has 0 saturated carbocycles. The molecule has 1 aliphatic rings. The lowest BCUT2D eigenvalue weighted by Gasteiger charge is -2.06. The zero-order valence-corrected chi connectivity index (χ0v) is 10.3. The quantitative estimate of drug-likeness (QED) is 0.746. The average molecular weight is 292 g/mol. The van der Waals surface area contributed by atoms with Gasteiger partial charge in [-0.25, -0.2) is 0 Å². The van der Waals surface area contributed by atoms with Crippen molar-refractivity contribution in [3.63, 3.8) is 0 Å². The van der Waals surface area contributed by atoms with Gasteiger partial charge in [-0.15, -0.1) is 0 Å². The van der Waals surface area contributed by atoms with E-state index in [4.69, 9.17) is 21.1 Å². The summed E-state index contributed by atoms with van der Waals surface area (Å²) in [5, 5.41) is 0.569. The Balaban J connectivity index is 2.46. The van der Waals surface area contributed by atoms with Gasteiger partial charge < -0.3 is 9.47 Å². The maximum absolute atomic E-state index is 11.4. The van der Waals surface area contributed by atoms with Gasteiger partial charge in [0.2, 0.25) is 0 Å². The number of hydrogen-bond donors (Lipinski definition) is 0. The molecule has 15 heavy (non-hydrogen) atoms. The fourth-order valence-electron chi connectivity index (χ4n) is 1.59. The third-order valence-electron chi connectivity index (χ3n) is 2.29. The third-order valence-corrected chi connectivity index (χ3v) is 3.10. The predicted octanol–water partition coefficient (Wildman–Crippen LogP) is 2.75. The van der Waals surface area contributed by atoms with E-state index in [-0.39, 0.29) is 11.9 Å². The van der Waals surface area contributed by atoms with Crippen LogP contribution in [0.5, 0.6) is 5.75 Å². The Labute approximate surface area is 100 Å². The Morgan fingerprint density at radius 2 is 2.40 bits per heavy atom. The number of halogens is 2. The molecule has 0 fully saturated rings. The first kappa shape index (κ1) is 10.8. The van der Waals surface area contributed by atoms with E-state index < -0.39 is 0 Å². The minimum absolute atomic E-state index is 0.303. The highest BCUT2D eigenvalue weighted by atomic mass is 79.9. The van der Waals surface area contributed by atoms with Crippen molar-refractivity contribution < 1.29 is 14.3 Å². The molecule has 2 rings (SSSR count). The first-order chi connectivity index (χ1) is 7.13. The minimum atomic E-state index is -0.375. The predicted molar refractivity (Wildman–Crippen MR) is 59.4 cm³/mol. The highest BCUT2D eigenvalue weighted by molar-refractivity contribution is 9.10. The van der Waals surface area contributed by atoms with Crippen molar-refractivity contribution in [2.45, 2.75) is 5.92 Å². The lowest BCUT2D eigenvalue weighted by molar-refractivity contribution is -0.142. The SMILES string of the molecule is COC(=O)C1COc2c(Br)cc(Cl)cc21. The van der Waals surface area contributed by atoms with Crippen LogP contribution in [0.15, 0.2) is 16.6 Å². The summed E-state index contributed by atoms with van der Waals surface area (Å²) in [7, 11) is 1.36. The molecule has 1 atom stereocenters. The van der Waals surface area contributed by atoms with E-state index in [0.717, 1.165) is 10.0 Å². The number of ether oxygens (including phenoxy) is 2. The summed E-state index contributed by atoms with van der Waals surface area (Å²) in [5.41, 5.74) is 0.779. The topological polar surface area (TPSA) is 35.5 Å². The minimum Gasteiger partial charge on any atom is -0.491 e. The van der Waals surface area contributed by atoms with E-state index in [1.807, 2.05) is 0 Å². The summed E-state index contributed by atoms with van der Waals surface area (Å²) < 4.78 is 10.9. The highest BCUT2D eigenvalue weighted by Gasteiger charge is 2.32. The monoisotopic (exact) mass is 290 g/mol. The van der Waals surface area contributed by atoms with Crippen LogP contribution < -0.4 is 4.74 Å². The van der Waals surface area contributed by atoms with E-state index in [9.17, 15) is 4.79 Å². The van der Waals surface area contributed by atoms with Crippen LogP contribution in [0.3, 0.4) is 0 Å². The molecule has 0 saturated heterocycles. The van der Waals surface area contributed by atoms with Crippen molar-refractivity contribution in [1.82, 2.24) is 0 Å². The summed E-state index contributed by atoms with van der Waals surface area (Å²) in [6.45, 7) is 0.306.